The maximum Gasteiger partial charge on any atom is 0.292 e. The Labute approximate surface area is 133 Å². The highest BCUT2D eigenvalue weighted by atomic mass is 35.5. The molecule has 1 heterocycles. The molecule has 0 spiro atoms. The molecule has 110 valence electrons. The summed E-state index contributed by atoms with van der Waals surface area (Å²) in [7, 11) is 0. The number of hydrogen-bond acceptors (Lipinski definition) is 3. The van der Waals surface area contributed by atoms with Crippen LogP contribution in [0.3, 0.4) is 0 Å². The molecule has 0 saturated carbocycles. The van der Waals surface area contributed by atoms with Gasteiger partial charge in [0.25, 0.3) is 5.56 Å². The van der Waals surface area contributed by atoms with Crippen molar-refractivity contribution in [2.45, 2.75) is 6.54 Å². The lowest BCUT2D eigenvalue weighted by Crippen LogP contribution is -2.22. The second-order valence-electron chi connectivity index (χ2n) is 4.76. The summed E-state index contributed by atoms with van der Waals surface area (Å²) in [6, 6.07) is 19.1. The number of hydrogen-bond donors (Lipinski definition) is 1. The molecule has 0 amide bonds. The molecular weight excluding hydrogens is 298 g/mol. The zero-order valence-corrected chi connectivity index (χ0v) is 12.5. The minimum atomic E-state index is -0.342. The summed E-state index contributed by atoms with van der Waals surface area (Å²) in [5.74, 6) is 0. The summed E-state index contributed by atoms with van der Waals surface area (Å²) in [5.41, 5.74) is 1.98. The van der Waals surface area contributed by atoms with Gasteiger partial charge in [-0.3, -0.25) is 4.79 Å². The molecule has 2 aromatic carbocycles. The van der Waals surface area contributed by atoms with Gasteiger partial charge < -0.3 is 5.32 Å². The molecule has 4 nitrogen and oxygen atoms in total. The van der Waals surface area contributed by atoms with Crippen molar-refractivity contribution >= 4 is 17.3 Å². The predicted octanol–water partition coefficient (Wildman–Crippen LogP) is 3.50. The van der Waals surface area contributed by atoms with Crippen molar-refractivity contribution in [3.05, 3.63) is 87.8 Å². The van der Waals surface area contributed by atoms with Gasteiger partial charge in [0.2, 0.25) is 0 Å². The van der Waals surface area contributed by atoms with Gasteiger partial charge in [0, 0.05) is 6.54 Å². The van der Waals surface area contributed by atoms with E-state index in [1.807, 2.05) is 60.7 Å². The average Bonchev–Trinajstić information content (AvgIpc) is 2.58. The predicted molar refractivity (Wildman–Crippen MR) is 88.6 cm³/mol. The van der Waals surface area contributed by atoms with Gasteiger partial charge in [0.05, 0.1) is 17.6 Å². The largest absolute Gasteiger partial charge is 0.378 e. The molecule has 0 bridgehead atoms. The number of aromatic nitrogens is 2. The third-order valence-electron chi connectivity index (χ3n) is 3.25. The topological polar surface area (TPSA) is 46.9 Å². The standard InChI is InChI=1S/C17H14ClN3O/c18-16-15(19-11-13-7-3-1-4-8-13)12-20-21(17(16)22)14-9-5-2-6-10-14/h1-10,12,19H,11H2. The molecule has 0 aliphatic carbocycles. The van der Waals surface area contributed by atoms with Crippen LogP contribution in [0.2, 0.25) is 5.02 Å². The first-order valence-corrected chi connectivity index (χ1v) is 7.24. The number of nitrogens with one attached hydrogen (secondary N) is 1. The molecule has 3 aromatic rings. The van der Waals surface area contributed by atoms with Crippen LogP contribution in [-0.4, -0.2) is 9.78 Å². The fraction of sp³-hybridized carbons (Fsp3) is 0.0588. The molecule has 1 aromatic heterocycles. The third-order valence-corrected chi connectivity index (χ3v) is 3.61. The monoisotopic (exact) mass is 311 g/mol. The van der Waals surface area contributed by atoms with Crippen molar-refractivity contribution in [2.75, 3.05) is 5.32 Å². The van der Waals surface area contributed by atoms with Crippen molar-refractivity contribution < 1.29 is 0 Å². The molecule has 0 atom stereocenters. The van der Waals surface area contributed by atoms with Crippen LogP contribution in [0.1, 0.15) is 5.56 Å². The summed E-state index contributed by atoms with van der Waals surface area (Å²) < 4.78 is 1.29. The maximum atomic E-state index is 12.3. The molecule has 0 unspecified atom stereocenters. The van der Waals surface area contributed by atoms with Gasteiger partial charge in [0.1, 0.15) is 5.02 Å². The van der Waals surface area contributed by atoms with Crippen molar-refractivity contribution in [2.24, 2.45) is 0 Å². The van der Waals surface area contributed by atoms with Crippen LogP contribution in [-0.2, 0) is 6.54 Å². The van der Waals surface area contributed by atoms with Crippen molar-refractivity contribution in [3.63, 3.8) is 0 Å². The van der Waals surface area contributed by atoms with Crippen LogP contribution in [0, 0.1) is 0 Å². The van der Waals surface area contributed by atoms with Crippen LogP contribution in [0.4, 0.5) is 5.69 Å². The number of rotatable bonds is 4. The first-order valence-electron chi connectivity index (χ1n) is 6.87. The second-order valence-corrected chi connectivity index (χ2v) is 5.14. The van der Waals surface area contributed by atoms with E-state index in [9.17, 15) is 4.79 Å². The first-order chi connectivity index (χ1) is 10.8. The quantitative estimate of drug-likeness (QED) is 0.802. The van der Waals surface area contributed by atoms with E-state index in [0.29, 0.717) is 17.9 Å². The van der Waals surface area contributed by atoms with Crippen molar-refractivity contribution in [1.82, 2.24) is 9.78 Å². The van der Waals surface area contributed by atoms with Crippen LogP contribution >= 0.6 is 11.6 Å². The summed E-state index contributed by atoms with van der Waals surface area (Å²) in [6.07, 6.45) is 1.57. The zero-order valence-electron chi connectivity index (χ0n) is 11.7. The molecule has 22 heavy (non-hydrogen) atoms. The lowest BCUT2D eigenvalue weighted by molar-refractivity contribution is 0.807. The van der Waals surface area contributed by atoms with E-state index in [1.54, 1.807) is 6.20 Å². The number of para-hydroxylation sites is 1. The van der Waals surface area contributed by atoms with E-state index in [4.69, 9.17) is 11.6 Å². The highest BCUT2D eigenvalue weighted by Crippen LogP contribution is 2.17. The Hall–Kier alpha value is -2.59. The van der Waals surface area contributed by atoms with Crippen molar-refractivity contribution in [3.8, 4) is 5.69 Å². The SMILES string of the molecule is O=c1c(Cl)c(NCc2ccccc2)cnn1-c1ccccc1. The van der Waals surface area contributed by atoms with Crippen LogP contribution in [0.5, 0.6) is 0 Å². The van der Waals surface area contributed by atoms with Gasteiger partial charge >= 0.3 is 0 Å². The number of anilines is 1. The Morgan fingerprint density at radius 2 is 1.64 bits per heavy atom. The minimum absolute atomic E-state index is 0.134. The van der Waals surface area contributed by atoms with E-state index in [2.05, 4.69) is 10.4 Å². The summed E-state index contributed by atoms with van der Waals surface area (Å²) in [4.78, 5) is 12.3. The summed E-state index contributed by atoms with van der Waals surface area (Å²) in [5, 5.41) is 7.45. The Balaban J connectivity index is 1.86. The average molecular weight is 312 g/mol. The fourth-order valence-electron chi connectivity index (χ4n) is 2.10. The third kappa shape index (κ3) is 3.02. The molecule has 0 saturated heterocycles. The molecular formula is C17H14ClN3O. The van der Waals surface area contributed by atoms with Crippen molar-refractivity contribution in [1.29, 1.82) is 0 Å². The Morgan fingerprint density at radius 1 is 1.00 bits per heavy atom. The molecule has 0 fully saturated rings. The Morgan fingerprint density at radius 3 is 2.32 bits per heavy atom. The Bertz CT molecular complexity index is 816. The van der Waals surface area contributed by atoms with E-state index >= 15 is 0 Å². The summed E-state index contributed by atoms with van der Waals surface area (Å²) >= 11 is 6.18. The smallest absolute Gasteiger partial charge is 0.292 e. The number of halogens is 1. The molecule has 0 aliphatic rings. The number of nitrogens with zero attached hydrogens (tertiary/aromatic N) is 2. The van der Waals surface area contributed by atoms with E-state index in [0.717, 1.165) is 5.56 Å². The lowest BCUT2D eigenvalue weighted by atomic mass is 10.2. The fourth-order valence-corrected chi connectivity index (χ4v) is 2.30. The zero-order chi connectivity index (χ0) is 15.4. The van der Waals surface area contributed by atoms with Crippen LogP contribution < -0.4 is 10.9 Å². The van der Waals surface area contributed by atoms with Gasteiger partial charge in [-0.25, -0.2) is 0 Å². The van der Waals surface area contributed by atoms with Crippen LogP contribution in [0.15, 0.2) is 71.7 Å². The molecule has 5 heteroatoms. The minimum Gasteiger partial charge on any atom is -0.378 e. The molecule has 0 radical (unpaired) electrons. The van der Waals surface area contributed by atoms with Gasteiger partial charge in [-0.2, -0.15) is 9.78 Å². The van der Waals surface area contributed by atoms with E-state index in [1.165, 1.54) is 4.68 Å². The lowest BCUT2D eigenvalue weighted by Gasteiger charge is -2.10. The van der Waals surface area contributed by atoms with Gasteiger partial charge in [-0.15, -0.1) is 0 Å². The molecule has 3 rings (SSSR count). The first kappa shape index (κ1) is 14.4. The highest BCUT2D eigenvalue weighted by Gasteiger charge is 2.10. The highest BCUT2D eigenvalue weighted by molar-refractivity contribution is 6.32. The molecule has 0 aliphatic heterocycles. The normalized spacial score (nSPS) is 10.4. The molecule has 1 N–H and O–H groups in total. The van der Waals surface area contributed by atoms with Gasteiger partial charge in [-0.05, 0) is 17.7 Å². The summed E-state index contributed by atoms with van der Waals surface area (Å²) in [6.45, 7) is 0.580. The van der Waals surface area contributed by atoms with Crippen LogP contribution in [0.25, 0.3) is 5.69 Å². The van der Waals surface area contributed by atoms with Gasteiger partial charge in [0.15, 0.2) is 0 Å². The van der Waals surface area contributed by atoms with E-state index < -0.39 is 0 Å². The van der Waals surface area contributed by atoms with E-state index in [-0.39, 0.29) is 10.6 Å². The second kappa shape index (κ2) is 6.45. The van der Waals surface area contributed by atoms with Gasteiger partial charge in [-0.1, -0.05) is 60.1 Å². The Kier molecular flexibility index (Phi) is 4.21. The maximum absolute atomic E-state index is 12.3. The number of benzene rings is 2.